The molecule has 0 unspecified atom stereocenters. The molecule has 0 heterocycles. The van der Waals surface area contributed by atoms with Gasteiger partial charge < -0.3 is 0 Å². The van der Waals surface area contributed by atoms with Crippen LogP contribution in [0.3, 0.4) is 0 Å². The van der Waals surface area contributed by atoms with Gasteiger partial charge in [-0.05, 0) is 0 Å². The maximum atomic E-state index is 0. The summed E-state index contributed by atoms with van der Waals surface area (Å²) in [6, 6.07) is 0. The molecular weight excluding hydrogens is 655 g/mol. The van der Waals surface area contributed by atoms with Crippen LogP contribution in [-0.4, -0.2) is 19.8 Å². The summed E-state index contributed by atoms with van der Waals surface area (Å²) >= 11 is 0. The van der Waals surface area contributed by atoms with Crippen molar-refractivity contribution in [2.75, 3.05) is 0 Å². The molecule has 0 bridgehead atoms. The maximum Gasteiger partial charge on any atom is 0 e. The molecule has 0 amide bonds. The molecule has 0 saturated heterocycles. The van der Waals surface area contributed by atoms with Gasteiger partial charge in [0.15, 0.2) is 0 Å². The summed E-state index contributed by atoms with van der Waals surface area (Å²) in [5, 5.41) is 0. The Morgan fingerprint density at radius 3 is 0.500 bits per heavy atom. The number of rotatable bonds is 0. The second kappa shape index (κ2) is 17.3. The largest absolute Gasteiger partial charge is 0 e. The zero-order valence-electron chi connectivity index (χ0n) is 0.949. The first-order valence-corrected chi connectivity index (χ1v) is 0. The van der Waals surface area contributed by atoms with Gasteiger partial charge in [-0.15, -0.1) is 0 Å². The van der Waals surface area contributed by atoms with Crippen LogP contribution in [0.1, 0.15) is 0 Å². The smallest absolute Gasteiger partial charge is 0 e. The molecule has 0 fully saturated rings. The summed E-state index contributed by atoms with van der Waals surface area (Å²) in [4.78, 5) is 0. The second-order valence-electron chi connectivity index (χ2n) is 0. The Balaban J connectivity index is 0. The molecule has 0 aromatic rings. The molecule has 0 aromatic carbocycles. The van der Waals surface area contributed by atoms with E-state index < -0.39 is 0 Å². The van der Waals surface area contributed by atoms with Gasteiger partial charge in [-0.25, -0.2) is 0 Å². The van der Waals surface area contributed by atoms with E-state index in [9.17, 15) is 0 Å². The monoisotopic (exact) mass is 657 g/mol. The van der Waals surface area contributed by atoms with E-state index in [-0.39, 0.29) is 83.0 Å². The van der Waals surface area contributed by atoms with Crippen LogP contribution in [0.25, 0.3) is 0 Å². The van der Waals surface area contributed by atoms with Crippen molar-refractivity contribution in [3.8, 4) is 0 Å². The molecule has 0 aliphatic carbocycles. The van der Waals surface area contributed by atoms with Gasteiger partial charge in [0.05, 0.1) is 0 Å². The molecule has 36 valence electrons. The van der Waals surface area contributed by atoms with Crippen LogP contribution < -0.4 is 0 Å². The van der Waals surface area contributed by atoms with Crippen LogP contribution in [0.2, 0.25) is 0 Å². The molecule has 0 aliphatic heterocycles. The van der Waals surface area contributed by atoms with Gasteiger partial charge in [0.25, 0.3) is 0 Å². The van der Waals surface area contributed by atoms with Crippen LogP contribution in [-0.2, 0) is 63.2 Å². The first-order valence-electron chi connectivity index (χ1n) is 0. The summed E-state index contributed by atoms with van der Waals surface area (Å²) in [6.45, 7) is 0. The van der Waals surface area contributed by atoms with Gasteiger partial charge in [0.1, 0.15) is 0 Å². The Morgan fingerprint density at radius 1 is 0.500 bits per heavy atom. The van der Waals surface area contributed by atoms with E-state index >= 15 is 0 Å². The minimum absolute atomic E-state index is 0. The zero-order chi connectivity index (χ0) is 0. The van der Waals surface area contributed by atoms with Crippen molar-refractivity contribution in [3.63, 3.8) is 0 Å². The summed E-state index contributed by atoms with van der Waals surface area (Å²) in [6.07, 6.45) is 0. The quantitative estimate of drug-likeness (QED) is 0.288. The second-order valence-corrected chi connectivity index (χ2v) is 0. The normalized spacial score (nSPS) is 0. The van der Waals surface area contributed by atoms with E-state index in [4.69, 9.17) is 0 Å². The summed E-state index contributed by atoms with van der Waals surface area (Å²) in [5.74, 6) is 0. The van der Waals surface area contributed by atoms with Crippen LogP contribution in [0.15, 0.2) is 0 Å². The van der Waals surface area contributed by atoms with Crippen molar-refractivity contribution >= 4 is 19.8 Å². The van der Waals surface area contributed by atoms with Crippen LogP contribution in [0.4, 0.5) is 0 Å². The molecule has 0 spiro atoms. The van der Waals surface area contributed by atoms with E-state index in [0.29, 0.717) is 0 Å². The molecular formula is H3GaPt3. The van der Waals surface area contributed by atoms with E-state index in [2.05, 4.69) is 0 Å². The first kappa shape index (κ1) is 29.9. The number of hydrogen-bond donors (Lipinski definition) is 0. The summed E-state index contributed by atoms with van der Waals surface area (Å²) in [7, 11) is 0. The van der Waals surface area contributed by atoms with Crippen LogP contribution in [0, 0.1) is 0 Å². The van der Waals surface area contributed by atoms with Crippen molar-refractivity contribution in [1.82, 2.24) is 0 Å². The topological polar surface area (TPSA) is 0 Å². The molecule has 0 N–H and O–H groups in total. The predicted molar refractivity (Wildman–Crippen MR) is 9.94 cm³/mol. The Morgan fingerprint density at radius 2 is 0.500 bits per heavy atom. The van der Waals surface area contributed by atoms with Gasteiger partial charge in [-0.2, -0.15) is 0 Å². The van der Waals surface area contributed by atoms with E-state index in [1.165, 1.54) is 0 Å². The minimum atomic E-state index is 0. The summed E-state index contributed by atoms with van der Waals surface area (Å²) < 4.78 is 0. The van der Waals surface area contributed by atoms with Gasteiger partial charge in [0.2, 0.25) is 0 Å². The average molecular weight is 658 g/mol. The predicted octanol–water partition coefficient (Wildman–Crippen LogP) is -1.19. The van der Waals surface area contributed by atoms with Crippen molar-refractivity contribution in [2.24, 2.45) is 0 Å². The first-order chi connectivity index (χ1) is 0. The van der Waals surface area contributed by atoms with Gasteiger partial charge in [0, 0.05) is 63.2 Å². The fraction of sp³-hybridized carbons (Fsp3) is 0. The van der Waals surface area contributed by atoms with Crippen LogP contribution in [0.5, 0.6) is 0 Å². The van der Waals surface area contributed by atoms with E-state index in [1.807, 2.05) is 0 Å². The number of hydrogen-bond acceptors (Lipinski definition) is 0. The van der Waals surface area contributed by atoms with Gasteiger partial charge >= 0.3 is 19.8 Å². The molecule has 4 heavy (non-hydrogen) atoms. The minimum Gasteiger partial charge on any atom is 0 e. The molecule has 0 aliphatic rings. The summed E-state index contributed by atoms with van der Waals surface area (Å²) in [5.41, 5.74) is 0. The third-order valence-corrected chi connectivity index (χ3v) is 0. The van der Waals surface area contributed by atoms with Crippen LogP contribution >= 0.6 is 0 Å². The van der Waals surface area contributed by atoms with Crippen molar-refractivity contribution in [3.05, 3.63) is 0 Å². The van der Waals surface area contributed by atoms with Crippen molar-refractivity contribution < 1.29 is 63.2 Å². The molecule has 0 aromatic heterocycles. The van der Waals surface area contributed by atoms with E-state index in [1.54, 1.807) is 0 Å². The Bertz CT molecular complexity index is 3.25. The standard InChI is InChI=1S/Ga.3Pt.3H. The fourth-order valence-electron chi connectivity index (χ4n) is 0. The Hall–Kier alpha value is 2.70. The molecule has 0 atom stereocenters. The SMILES string of the molecule is [GaH3].[Pt].[Pt].[Pt]. The van der Waals surface area contributed by atoms with Crippen molar-refractivity contribution in [2.45, 2.75) is 0 Å². The maximum absolute atomic E-state index is 0. The third-order valence-electron chi connectivity index (χ3n) is 0. The Kier molecular flexibility index (Phi) is 129. The van der Waals surface area contributed by atoms with Crippen molar-refractivity contribution in [1.29, 1.82) is 0 Å². The van der Waals surface area contributed by atoms with E-state index in [0.717, 1.165) is 0 Å². The molecule has 0 radical (unpaired) electrons. The van der Waals surface area contributed by atoms with Gasteiger partial charge in [-0.1, -0.05) is 0 Å². The molecule has 0 rings (SSSR count). The molecule has 4 heteroatoms. The average Bonchev–Trinajstić information content (AvgIpc) is 0. The zero-order valence-corrected chi connectivity index (χ0v) is 7.77. The fourth-order valence-corrected chi connectivity index (χ4v) is 0. The molecule has 0 saturated carbocycles. The third kappa shape index (κ3) is 8.83. The Labute approximate surface area is 81.7 Å². The van der Waals surface area contributed by atoms with Gasteiger partial charge in [-0.3, -0.25) is 0 Å². The molecule has 0 nitrogen and oxygen atoms in total.